The van der Waals surface area contributed by atoms with Gasteiger partial charge in [-0.2, -0.15) is 0 Å². The maximum atomic E-state index is 12.1. The van der Waals surface area contributed by atoms with E-state index < -0.39 is 0 Å². The molecule has 2 N–H and O–H groups in total. The van der Waals surface area contributed by atoms with Crippen LogP contribution in [0.25, 0.3) is 0 Å². The SMILES string of the molecule is O=C1CC[C@@H](CC(=O)N2C[C@H]3CC(O)C[C@H]3C2)N1. The third-order valence-electron chi connectivity index (χ3n) is 4.58. The lowest BCUT2D eigenvalue weighted by atomic mass is 10.0. The lowest BCUT2D eigenvalue weighted by molar-refractivity contribution is -0.131. The summed E-state index contributed by atoms with van der Waals surface area (Å²) in [6, 6.07) is 0.0380. The molecule has 2 heterocycles. The van der Waals surface area contributed by atoms with E-state index in [1.54, 1.807) is 0 Å². The molecular formula is C13H20N2O3. The van der Waals surface area contributed by atoms with E-state index in [1.807, 2.05) is 4.90 Å². The van der Waals surface area contributed by atoms with Crippen molar-refractivity contribution in [2.24, 2.45) is 11.8 Å². The van der Waals surface area contributed by atoms with Gasteiger partial charge in [-0.15, -0.1) is 0 Å². The fourth-order valence-corrected chi connectivity index (χ4v) is 3.64. The molecule has 0 aromatic rings. The van der Waals surface area contributed by atoms with Crippen LogP contribution < -0.4 is 5.32 Å². The van der Waals surface area contributed by atoms with Crippen LogP contribution in [0.1, 0.15) is 32.1 Å². The number of likely N-dealkylation sites (tertiary alicyclic amines) is 1. The van der Waals surface area contributed by atoms with Crippen LogP contribution in [0, 0.1) is 11.8 Å². The van der Waals surface area contributed by atoms with E-state index in [1.165, 1.54) is 0 Å². The molecule has 18 heavy (non-hydrogen) atoms. The highest BCUT2D eigenvalue weighted by Gasteiger charge is 2.42. The molecule has 0 aromatic heterocycles. The molecule has 2 amide bonds. The second-order valence-corrected chi connectivity index (χ2v) is 5.95. The van der Waals surface area contributed by atoms with Crippen LogP contribution in [0.2, 0.25) is 0 Å². The molecule has 5 heteroatoms. The van der Waals surface area contributed by atoms with Crippen LogP contribution in [0.15, 0.2) is 0 Å². The van der Waals surface area contributed by atoms with E-state index in [4.69, 9.17) is 0 Å². The Morgan fingerprint density at radius 2 is 2.00 bits per heavy atom. The van der Waals surface area contributed by atoms with Crippen LogP contribution in [0.4, 0.5) is 0 Å². The number of fused-ring (bicyclic) bond motifs is 1. The van der Waals surface area contributed by atoms with Gasteiger partial charge in [-0.25, -0.2) is 0 Å². The topological polar surface area (TPSA) is 69.6 Å². The second kappa shape index (κ2) is 4.53. The predicted octanol–water partition coefficient (Wildman–Crippen LogP) is -0.116. The average Bonchev–Trinajstić information content (AvgIpc) is 2.92. The van der Waals surface area contributed by atoms with Crippen molar-refractivity contribution in [2.45, 2.75) is 44.2 Å². The Morgan fingerprint density at radius 1 is 1.33 bits per heavy atom. The van der Waals surface area contributed by atoms with E-state index in [-0.39, 0.29) is 24.0 Å². The van der Waals surface area contributed by atoms with Gasteiger partial charge >= 0.3 is 0 Å². The normalized spacial score (nSPS) is 38.9. The molecule has 0 radical (unpaired) electrons. The van der Waals surface area contributed by atoms with E-state index in [9.17, 15) is 14.7 Å². The van der Waals surface area contributed by atoms with Gasteiger partial charge < -0.3 is 15.3 Å². The molecule has 5 nitrogen and oxygen atoms in total. The van der Waals surface area contributed by atoms with E-state index in [2.05, 4.69) is 5.32 Å². The number of carbonyl (C=O) groups is 2. The first kappa shape index (κ1) is 12.0. The third-order valence-corrected chi connectivity index (χ3v) is 4.58. The first-order chi connectivity index (χ1) is 8.61. The predicted molar refractivity (Wildman–Crippen MR) is 64.6 cm³/mol. The number of amides is 2. The Bertz CT molecular complexity index is 357. The van der Waals surface area contributed by atoms with Crippen molar-refractivity contribution in [1.82, 2.24) is 10.2 Å². The van der Waals surface area contributed by atoms with Gasteiger partial charge in [-0.1, -0.05) is 0 Å². The number of nitrogens with one attached hydrogen (secondary N) is 1. The molecule has 0 bridgehead atoms. The standard InChI is InChI=1S/C13H20N2O3/c16-11-3-8-6-15(7-9(8)4-11)13(18)5-10-1-2-12(17)14-10/h8-11,16H,1-7H2,(H,14,17)/t8-,9+,10-,11?/m0/s1. The van der Waals surface area contributed by atoms with Crippen molar-refractivity contribution < 1.29 is 14.7 Å². The summed E-state index contributed by atoms with van der Waals surface area (Å²) in [5.74, 6) is 1.20. The molecule has 1 aliphatic carbocycles. The smallest absolute Gasteiger partial charge is 0.224 e. The number of nitrogens with zero attached hydrogens (tertiary/aromatic N) is 1. The van der Waals surface area contributed by atoms with Crippen molar-refractivity contribution in [1.29, 1.82) is 0 Å². The maximum Gasteiger partial charge on any atom is 0.224 e. The van der Waals surface area contributed by atoms with Crippen LogP contribution in [0.5, 0.6) is 0 Å². The molecule has 2 aliphatic heterocycles. The third kappa shape index (κ3) is 2.23. The van der Waals surface area contributed by atoms with Crippen LogP contribution in [-0.2, 0) is 9.59 Å². The van der Waals surface area contributed by atoms with Gasteiger partial charge in [0, 0.05) is 32.0 Å². The Kier molecular flexibility index (Phi) is 3.01. The minimum atomic E-state index is -0.161. The van der Waals surface area contributed by atoms with Gasteiger partial charge in [0.15, 0.2) is 0 Å². The molecule has 2 saturated heterocycles. The summed E-state index contributed by atoms with van der Waals surface area (Å²) in [6.45, 7) is 1.59. The van der Waals surface area contributed by atoms with Gasteiger partial charge in [0.05, 0.1) is 6.10 Å². The Hall–Kier alpha value is -1.10. The minimum Gasteiger partial charge on any atom is -0.393 e. The van der Waals surface area contributed by atoms with Crippen molar-refractivity contribution in [3.8, 4) is 0 Å². The van der Waals surface area contributed by atoms with Crippen LogP contribution in [-0.4, -0.2) is 47.1 Å². The number of hydrogen-bond donors (Lipinski definition) is 2. The molecule has 1 unspecified atom stereocenters. The summed E-state index contributed by atoms with van der Waals surface area (Å²) in [6.07, 6.45) is 3.29. The average molecular weight is 252 g/mol. The van der Waals surface area contributed by atoms with Crippen molar-refractivity contribution in [3.05, 3.63) is 0 Å². The molecule has 100 valence electrons. The van der Waals surface area contributed by atoms with Gasteiger partial charge in [-0.3, -0.25) is 9.59 Å². The van der Waals surface area contributed by atoms with Gasteiger partial charge in [-0.05, 0) is 31.1 Å². The summed E-state index contributed by atoms with van der Waals surface area (Å²) < 4.78 is 0. The molecule has 0 spiro atoms. The lowest BCUT2D eigenvalue weighted by Gasteiger charge is -2.20. The molecule has 3 fully saturated rings. The number of rotatable bonds is 2. The van der Waals surface area contributed by atoms with Crippen molar-refractivity contribution in [3.63, 3.8) is 0 Å². The zero-order valence-electron chi connectivity index (χ0n) is 10.5. The fourth-order valence-electron chi connectivity index (χ4n) is 3.64. The van der Waals surface area contributed by atoms with Crippen LogP contribution >= 0.6 is 0 Å². The first-order valence-electron chi connectivity index (χ1n) is 6.87. The molecule has 3 rings (SSSR count). The summed E-state index contributed by atoms with van der Waals surface area (Å²) in [5, 5.41) is 12.4. The molecular weight excluding hydrogens is 232 g/mol. The molecule has 0 aromatic carbocycles. The summed E-state index contributed by atoms with van der Waals surface area (Å²) in [4.78, 5) is 25.1. The summed E-state index contributed by atoms with van der Waals surface area (Å²) >= 11 is 0. The summed E-state index contributed by atoms with van der Waals surface area (Å²) in [5.41, 5.74) is 0. The Labute approximate surface area is 107 Å². The molecule has 3 aliphatic rings. The maximum absolute atomic E-state index is 12.1. The first-order valence-corrected chi connectivity index (χ1v) is 6.87. The highest BCUT2D eigenvalue weighted by molar-refractivity contribution is 5.82. The Morgan fingerprint density at radius 3 is 2.56 bits per heavy atom. The quantitative estimate of drug-likeness (QED) is 0.720. The molecule has 1 saturated carbocycles. The number of aliphatic hydroxyl groups is 1. The zero-order valence-corrected chi connectivity index (χ0v) is 10.5. The van der Waals surface area contributed by atoms with Crippen LogP contribution in [0.3, 0.4) is 0 Å². The number of aliphatic hydroxyl groups excluding tert-OH is 1. The number of hydrogen-bond acceptors (Lipinski definition) is 3. The lowest BCUT2D eigenvalue weighted by Crippen LogP contribution is -2.36. The Balaban J connectivity index is 1.51. The monoisotopic (exact) mass is 252 g/mol. The van der Waals surface area contributed by atoms with Crippen molar-refractivity contribution in [2.75, 3.05) is 13.1 Å². The van der Waals surface area contributed by atoms with Crippen molar-refractivity contribution >= 4 is 11.8 Å². The zero-order chi connectivity index (χ0) is 12.7. The highest BCUT2D eigenvalue weighted by atomic mass is 16.3. The fraction of sp³-hybridized carbons (Fsp3) is 0.846. The minimum absolute atomic E-state index is 0.0380. The second-order valence-electron chi connectivity index (χ2n) is 5.95. The van der Waals surface area contributed by atoms with E-state index >= 15 is 0 Å². The van der Waals surface area contributed by atoms with E-state index in [0.29, 0.717) is 24.7 Å². The number of carbonyl (C=O) groups excluding carboxylic acids is 2. The van der Waals surface area contributed by atoms with Gasteiger partial charge in [0.1, 0.15) is 0 Å². The van der Waals surface area contributed by atoms with E-state index in [0.717, 1.165) is 32.4 Å². The van der Waals surface area contributed by atoms with Gasteiger partial charge in [0.25, 0.3) is 0 Å². The summed E-state index contributed by atoms with van der Waals surface area (Å²) in [7, 11) is 0. The highest BCUT2D eigenvalue weighted by Crippen LogP contribution is 2.38. The largest absolute Gasteiger partial charge is 0.393 e. The molecule has 4 atom stereocenters. The van der Waals surface area contributed by atoms with Gasteiger partial charge in [0.2, 0.25) is 11.8 Å².